The minimum Gasteiger partial charge on any atom is -0.447 e. The van der Waals surface area contributed by atoms with Crippen LogP contribution in [0.3, 0.4) is 0 Å². The van der Waals surface area contributed by atoms with Crippen molar-refractivity contribution in [2.24, 2.45) is 0 Å². The highest BCUT2D eigenvalue weighted by atomic mass is 32.2. The van der Waals surface area contributed by atoms with Crippen molar-refractivity contribution in [3.8, 4) is 10.4 Å². The summed E-state index contributed by atoms with van der Waals surface area (Å²) in [6.07, 6.45) is 4.29. The van der Waals surface area contributed by atoms with Gasteiger partial charge in [0.05, 0.1) is 26.9 Å². The van der Waals surface area contributed by atoms with E-state index in [1.54, 1.807) is 24.1 Å². The van der Waals surface area contributed by atoms with Crippen LogP contribution in [0.25, 0.3) is 10.4 Å². The average Bonchev–Trinajstić information content (AvgIpc) is 3.35. The van der Waals surface area contributed by atoms with Crippen LogP contribution in [-0.2, 0) is 19.5 Å². The zero-order valence-corrected chi connectivity index (χ0v) is 26.9. The lowest BCUT2D eigenvalue weighted by Crippen LogP contribution is -2.57. The quantitative estimate of drug-likeness (QED) is 0.343. The van der Waals surface area contributed by atoms with Gasteiger partial charge in [0, 0.05) is 49.0 Å². The molecule has 0 unspecified atom stereocenters. The minimum absolute atomic E-state index is 0.00934. The molecule has 1 aromatic heterocycles. The van der Waals surface area contributed by atoms with Crippen molar-refractivity contribution < 1.29 is 27.5 Å². The summed E-state index contributed by atoms with van der Waals surface area (Å²) in [5.74, 6) is 0.254. The highest BCUT2D eigenvalue weighted by Crippen LogP contribution is 2.40. The van der Waals surface area contributed by atoms with Gasteiger partial charge in [0.15, 0.2) is 0 Å². The van der Waals surface area contributed by atoms with E-state index in [9.17, 15) is 18.0 Å². The summed E-state index contributed by atoms with van der Waals surface area (Å²) in [6, 6.07) is 5.40. The molecule has 0 spiro atoms. The number of hydrogen-bond acceptors (Lipinski definition) is 9. The maximum Gasteiger partial charge on any atom is 0.410 e. The van der Waals surface area contributed by atoms with Crippen LogP contribution in [0.15, 0.2) is 29.3 Å². The van der Waals surface area contributed by atoms with Crippen LogP contribution in [0.2, 0.25) is 0 Å². The number of carbonyl (C=O) groups is 2. The number of hydrogen-bond donors (Lipinski definition) is 3. The van der Waals surface area contributed by atoms with Gasteiger partial charge < -0.3 is 25.0 Å². The lowest BCUT2D eigenvalue weighted by atomic mass is 9.86. The molecular formula is C29H43N5O6S2. The summed E-state index contributed by atoms with van der Waals surface area (Å²) in [4.78, 5) is 31.5. The summed E-state index contributed by atoms with van der Waals surface area (Å²) >= 11 is 1.51. The first kappa shape index (κ1) is 32.0. The second-order valence-electron chi connectivity index (χ2n) is 12.1. The number of ether oxygens (including phenoxy) is 2. The number of alkyl carbamates (subject to hydrolysis) is 1. The van der Waals surface area contributed by atoms with Crippen LogP contribution in [0, 0.1) is 0 Å². The average molecular weight is 622 g/mol. The molecule has 2 aromatic rings. The predicted molar refractivity (Wildman–Crippen MR) is 163 cm³/mol. The van der Waals surface area contributed by atoms with Crippen molar-refractivity contribution in [2.75, 3.05) is 25.0 Å². The van der Waals surface area contributed by atoms with Crippen LogP contribution >= 0.6 is 11.3 Å². The molecule has 1 aromatic carbocycles. The monoisotopic (exact) mass is 621 g/mol. The Morgan fingerprint density at radius 3 is 2.43 bits per heavy atom. The van der Waals surface area contributed by atoms with E-state index < -0.39 is 15.6 Å². The molecule has 11 nitrogen and oxygen atoms in total. The fourth-order valence-corrected chi connectivity index (χ4v) is 7.56. The molecule has 42 heavy (non-hydrogen) atoms. The second-order valence-corrected chi connectivity index (χ2v) is 14.9. The lowest BCUT2D eigenvalue weighted by molar-refractivity contribution is 0.0105. The van der Waals surface area contributed by atoms with Crippen LogP contribution in [0.5, 0.6) is 0 Å². The number of anilines is 1. The van der Waals surface area contributed by atoms with E-state index in [-0.39, 0.29) is 47.7 Å². The van der Waals surface area contributed by atoms with Crippen molar-refractivity contribution in [3.63, 3.8) is 0 Å². The Morgan fingerprint density at radius 2 is 1.81 bits per heavy atom. The van der Waals surface area contributed by atoms with Crippen molar-refractivity contribution in [2.45, 2.75) is 102 Å². The molecule has 1 saturated heterocycles. The smallest absolute Gasteiger partial charge is 0.410 e. The molecule has 2 amide bonds. The Hall–Kier alpha value is -2.90. The number of sulfonamides is 1. The molecule has 0 atom stereocenters. The zero-order chi connectivity index (χ0) is 30.7. The van der Waals surface area contributed by atoms with E-state index in [1.165, 1.54) is 11.3 Å². The first-order valence-electron chi connectivity index (χ1n) is 14.6. The van der Waals surface area contributed by atoms with Gasteiger partial charge >= 0.3 is 12.2 Å². The molecule has 0 radical (unpaired) electrons. The van der Waals surface area contributed by atoms with Gasteiger partial charge in [-0.25, -0.2) is 27.7 Å². The third-order valence-electron chi connectivity index (χ3n) is 7.04. The fraction of sp³-hybridized carbons (Fsp3) is 0.621. The Morgan fingerprint density at radius 1 is 1.12 bits per heavy atom. The van der Waals surface area contributed by atoms with Crippen molar-refractivity contribution in [1.29, 1.82) is 0 Å². The summed E-state index contributed by atoms with van der Waals surface area (Å²) in [5, 5.41) is 7.27. The SMILES string of the molecule is CCNS(=O)(=O)c1cc(NC2CN(C(=O)OC(C)(C)C)C2)ccc1-c1cnc([C@H]2CC[C@H](NC(=O)OC(C)C)CC2)s1. The highest BCUT2D eigenvalue weighted by molar-refractivity contribution is 7.89. The topological polar surface area (TPSA) is 139 Å². The number of nitrogens with one attached hydrogen (secondary N) is 3. The summed E-state index contributed by atoms with van der Waals surface area (Å²) < 4.78 is 39.7. The summed E-state index contributed by atoms with van der Waals surface area (Å²) in [5.41, 5.74) is 0.702. The maximum absolute atomic E-state index is 13.3. The van der Waals surface area contributed by atoms with E-state index in [2.05, 4.69) is 20.3 Å². The molecular weight excluding hydrogens is 578 g/mol. The second kappa shape index (κ2) is 13.2. The van der Waals surface area contributed by atoms with Crippen molar-refractivity contribution in [1.82, 2.24) is 19.9 Å². The third-order valence-corrected chi connectivity index (χ3v) is 9.82. The van der Waals surface area contributed by atoms with Crippen molar-refractivity contribution in [3.05, 3.63) is 29.4 Å². The summed E-state index contributed by atoms with van der Waals surface area (Å²) in [6.45, 7) is 12.1. The number of benzene rings is 1. The standard InChI is InChI=1S/C29H43N5O6S2/c1-7-31-42(37,38)25-14-21(32-22-16-34(17-22)28(36)40-29(4,5)6)12-13-23(25)24-15-30-26(41-24)19-8-10-20(11-9-19)33-27(35)39-18(2)3/h12-15,18-20,22,31-32H,7-11,16-17H2,1-6H3,(H,33,35)/t19-,20-. The van der Waals surface area contributed by atoms with Gasteiger partial charge in [0.1, 0.15) is 5.60 Å². The normalized spacial score (nSPS) is 19.7. The van der Waals surface area contributed by atoms with Crippen LogP contribution in [-0.4, -0.2) is 73.9 Å². The molecule has 0 bridgehead atoms. The van der Waals surface area contributed by atoms with Gasteiger partial charge in [-0.2, -0.15) is 0 Å². The molecule has 3 N–H and O–H groups in total. The number of thiazole rings is 1. The number of carbonyl (C=O) groups excluding carboxylic acids is 2. The van der Waals surface area contributed by atoms with Crippen LogP contribution < -0.4 is 15.4 Å². The summed E-state index contributed by atoms with van der Waals surface area (Å²) in [7, 11) is -3.77. The molecule has 232 valence electrons. The molecule has 2 heterocycles. The first-order chi connectivity index (χ1) is 19.7. The highest BCUT2D eigenvalue weighted by Gasteiger charge is 2.34. The Bertz CT molecular complexity index is 1360. The van der Waals surface area contributed by atoms with Gasteiger partial charge in [-0.15, -0.1) is 11.3 Å². The molecule has 1 saturated carbocycles. The number of amides is 2. The van der Waals surface area contributed by atoms with Crippen molar-refractivity contribution >= 4 is 39.2 Å². The maximum atomic E-state index is 13.3. The van der Waals surface area contributed by atoms with Crippen LogP contribution in [0.1, 0.15) is 78.2 Å². The van der Waals surface area contributed by atoms with Gasteiger partial charge in [0.2, 0.25) is 10.0 Å². The number of likely N-dealkylation sites (tertiary alicyclic amines) is 1. The van der Waals surface area contributed by atoms with E-state index >= 15 is 0 Å². The molecule has 13 heteroatoms. The molecule has 1 aliphatic heterocycles. The lowest BCUT2D eigenvalue weighted by Gasteiger charge is -2.40. The largest absolute Gasteiger partial charge is 0.447 e. The Kier molecular flexibility index (Phi) is 10.0. The Balaban J connectivity index is 1.44. The minimum atomic E-state index is -3.77. The van der Waals surface area contributed by atoms with Gasteiger partial charge in [-0.3, -0.25) is 0 Å². The molecule has 2 fully saturated rings. The fourth-order valence-electron chi connectivity index (χ4n) is 5.09. The van der Waals surface area contributed by atoms with E-state index in [4.69, 9.17) is 9.47 Å². The third kappa shape index (κ3) is 8.35. The zero-order valence-electron chi connectivity index (χ0n) is 25.2. The first-order valence-corrected chi connectivity index (χ1v) is 16.9. The van der Waals surface area contributed by atoms with Gasteiger partial charge in [0.25, 0.3) is 0 Å². The molecule has 2 aliphatic rings. The number of aromatic nitrogens is 1. The number of rotatable bonds is 9. The Labute approximate surface area is 252 Å². The molecule has 1 aliphatic carbocycles. The van der Waals surface area contributed by atoms with Gasteiger partial charge in [-0.05, 0) is 72.4 Å². The molecule has 4 rings (SSSR count). The van der Waals surface area contributed by atoms with Crippen LogP contribution in [0.4, 0.5) is 15.3 Å². The van der Waals surface area contributed by atoms with E-state index in [0.29, 0.717) is 24.3 Å². The van der Waals surface area contributed by atoms with E-state index in [1.807, 2.05) is 46.8 Å². The predicted octanol–water partition coefficient (Wildman–Crippen LogP) is 5.30. The number of nitrogens with zero attached hydrogens (tertiary/aromatic N) is 2. The van der Waals surface area contributed by atoms with E-state index in [0.717, 1.165) is 35.6 Å². The van der Waals surface area contributed by atoms with Gasteiger partial charge in [-0.1, -0.05) is 13.0 Å².